The molecule has 2 atom stereocenters. The third kappa shape index (κ3) is 4.73. The SMILES string of the molecule is COC(=O)c1ccc(N2C[C@@H](C)N(CC(=O)N3CC=C(c4cccc5ccoc45)CC3)[C@@H](C)C2)cn1. The molecular weight excluding hydrogens is 456 g/mol. The van der Waals surface area contributed by atoms with E-state index in [2.05, 4.69) is 52.9 Å². The number of para-hydroxylation sites is 1. The van der Waals surface area contributed by atoms with Gasteiger partial charge in [-0.15, -0.1) is 0 Å². The number of methoxy groups -OCH3 is 1. The summed E-state index contributed by atoms with van der Waals surface area (Å²) in [6, 6.07) is 12.2. The van der Waals surface area contributed by atoms with E-state index in [4.69, 9.17) is 9.15 Å². The van der Waals surface area contributed by atoms with Crippen molar-refractivity contribution in [3.8, 4) is 0 Å². The lowest BCUT2D eigenvalue weighted by atomic mass is 9.98. The average molecular weight is 489 g/mol. The number of fused-ring (bicyclic) bond motifs is 1. The van der Waals surface area contributed by atoms with Crippen molar-refractivity contribution in [3.63, 3.8) is 0 Å². The molecule has 4 heterocycles. The first-order valence-corrected chi connectivity index (χ1v) is 12.4. The van der Waals surface area contributed by atoms with E-state index >= 15 is 0 Å². The van der Waals surface area contributed by atoms with Crippen molar-refractivity contribution in [2.24, 2.45) is 0 Å². The number of anilines is 1. The summed E-state index contributed by atoms with van der Waals surface area (Å²) in [5.41, 5.74) is 4.54. The molecular formula is C28H32N4O4. The smallest absolute Gasteiger partial charge is 0.356 e. The number of rotatable bonds is 5. The lowest BCUT2D eigenvalue weighted by Gasteiger charge is -2.45. The summed E-state index contributed by atoms with van der Waals surface area (Å²) < 4.78 is 10.4. The maximum atomic E-state index is 13.2. The van der Waals surface area contributed by atoms with Gasteiger partial charge in [-0.2, -0.15) is 0 Å². The number of piperazine rings is 1. The fourth-order valence-corrected chi connectivity index (χ4v) is 5.32. The Hall–Kier alpha value is -3.65. The summed E-state index contributed by atoms with van der Waals surface area (Å²) in [7, 11) is 1.35. The van der Waals surface area contributed by atoms with Gasteiger partial charge in [-0.05, 0) is 44.0 Å². The zero-order chi connectivity index (χ0) is 25.2. The van der Waals surface area contributed by atoms with Gasteiger partial charge in [0, 0.05) is 49.2 Å². The molecule has 0 unspecified atom stereocenters. The summed E-state index contributed by atoms with van der Waals surface area (Å²) in [5.74, 6) is -0.276. The summed E-state index contributed by atoms with van der Waals surface area (Å²) in [5, 5.41) is 1.10. The quantitative estimate of drug-likeness (QED) is 0.505. The second-order valence-corrected chi connectivity index (χ2v) is 9.63. The number of hydrogen-bond donors (Lipinski definition) is 0. The molecule has 0 spiro atoms. The lowest BCUT2D eigenvalue weighted by Crippen LogP contribution is -2.59. The maximum Gasteiger partial charge on any atom is 0.356 e. The minimum atomic E-state index is -0.440. The summed E-state index contributed by atoms with van der Waals surface area (Å²) >= 11 is 0. The highest BCUT2D eigenvalue weighted by molar-refractivity contribution is 5.90. The van der Waals surface area contributed by atoms with Gasteiger partial charge in [0.05, 0.1) is 31.8 Å². The molecule has 0 saturated carbocycles. The van der Waals surface area contributed by atoms with Gasteiger partial charge < -0.3 is 19.0 Å². The predicted octanol–water partition coefficient (Wildman–Crippen LogP) is 3.83. The molecule has 2 aromatic heterocycles. The van der Waals surface area contributed by atoms with Crippen molar-refractivity contribution in [3.05, 3.63) is 66.2 Å². The zero-order valence-electron chi connectivity index (χ0n) is 21.0. The molecule has 1 fully saturated rings. The maximum absolute atomic E-state index is 13.2. The summed E-state index contributed by atoms with van der Waals surface area (Å²) in [6.07, 6.45) is 6.42. The summed E-state index contributed by atoms with van der Waals surface area (Å²) in [4.78, 5) is 35.6. The first kappa shape index (κ1) is 24.1. The first-order chi connectivity index (χ1) is 17.4. The highest BCUT2D eigenvalue weighted by atomic mass is 16.5. The van der Waals surface area contributed by atoms with Gasteiger partial charge in [0.25, 0.3) is 0 Å². The predicted molar refractivity (Wildman–Crippen MR) is 139 cm³/mol. The van der Waals surface area contributed by atoms with Crippen molar-refractivity contribution in [1.29, 1.82) is 0 Å². The highest BCUT2D eigenvalue weighted by Crippen LogP contribution is 2.30. The molecule has 188 valence electrons. The van der Waals surface area contributed by atoms with Gasteiger partial charge in [-0.25, -0.2) is 9.78 Å². The number of aromatic nitrogens is 1. The van der Waals surface area contributed by atoms with E-state index in [9.17, 15) is 9.59 Å². The number of carbonyl (C=O) groups excluding carboxylic acids is 2. The van der Waals surface area contributed by atoms with Crippen LogP contribution in [0.2, 0.25) is 0 Å². The van der Waals surface area contributed by atoms with Crippen LogP contribution in [0.5, 0.6) is 0 Å². The number of hydrogen-bond acceptors (Lipinski definition) is 7. The Morgan fingerprint density at radius 2 is 1.92 bits per heavy atom. The molecule has 0 N–H and O–H groups in total. The van der Waals surface area contributed by atoms with Crippen molar-refractivity contribution < 1.29 is 18.7 Å². The normalized spacial score (nSPS) is 20.9. The Morgan fingerprint density at radius 1 is 1.11 bits per heavy atom. The van der Waals surface area contributed by atoms with E-state index in [0.717, 1.165) is 41.7 Å². The number of esters is 1. The standard InChI is InChI=1S/C28H32N4O4/c1-19-16-31(23-7-8-25(29-15-23)28(34)35-3)17-20(2)32(19)18-26(33)30-12-9-21(10-13-30)24-6-4-5-22-11-14-36-27(22)24/h4-9,11,14-15,19-20H,10,12-13,16-18H2,1-3H3/t19-,20+. The molecule has 8 nitrogen and oxygen atoms in total. The van der Waals surface area contributed by atoms with E-state index < -0.39 is 5.97 Å². The fourth-order valence-electron chi connectivity index (χ4n) is 5.32. The van der Waals surface area contributed by atoms with Crippen LogP contribution in [0.4, 0.5) is 5.69 Å². The fraction of sp³-hybridized carbons (Fsp3) is 0.393. The van der Waals surface area contributed by atoms with Crippen molar-refractivity contribution >= 4 is 34.1 Å². The number of benzene rings is 1. The Morgan fingerprint density at radius 3 is 2.58 bits per heavy atom. The molecule has 1 amide bonds. The molecule has 2 aliphatic rings. The van der Waals surface area contributed by atoms with Gasteiger partial charge in [0.1, 0.15) is 11.3 Å². The van der Waals surface area contributed by atoms with Crippen molar-refractivity contribution in [2.75, 3.05) is 44.7 Å². The Balaban J connectivity index is 1.19. The van der Waals surface area contributed by atoms with Crippen LogP contribution in [0, 0.1) is 0 Å². The number of ether oxygens (including phenoxy) is 1. The third-order valence-electron chi connectivity index (χ3n) is 7.31. The van der Waals surface area contributed by atoms with E-state index in [-0.39, 0.29) is 18.0 Å². The van der Waals surface area contributed by atoms with Crippen LogP contribution < -0.4 is 4.90 Å². The van der Waals surface area contributed by atoms with Gasteiger partial charge >= 0.3 is 5.97 Å². The van der Waals surface area contributed by atoms with Gasteiger partial charge in [-0.1, -0.05) is 24.3 Å². The van der Waals surface area contributed by atoms with Gasteiger partial charge in [0.2, 0.25) is 5.91 Å². The molecule has 2 aliphatic heterocycles. The molecule has 5 rings (SSSR count). The Labute approximate surface area is 211 Å². The number of nitrogens with zero attached hydrogens (tertiary/aromatic N) is 4. The average Bonchev–Trinajstić information content (AvgIpc) is 3.39. The minimum Gasteiger partial charge on any atom is -0.464 e. The van der Waals surface area contributed by atoms with Crippen LogP contribution in [0.25, 0.3) is 16.5 Å². The third-order valence-corrected chi connectivity index (χ3v) is 7.31. The van der Waals surface area contributed by atoms with Crippen LogP contribution in [-0.2, 0) is 9.53 Å². The van der Waals surface area contributed by atoms with E-state index in [0.29, 0.717) is 25.3 Å². The second kappa shape index (κ2) is 10.1. The van der Waals surface area contributed by atoms with Crippen molar-refractivity contribution in [2.45, 2.75) is 32.4 Å². The molecule has 1 aromatic carbocycles. The highest BCUT2D eigenvalue weighted by Gasteiger charge is 2.32. The zero-order valence-corrected chi connectivity index (χ0v) is 21.0. The Kier molecular flexibility index (Phi) is 6.78. The Bertz CT molecular complexity index is 1270. The molecule has 36 heavy (non-hydrogen) atoms. The largest absolute Gasteiger partial charge is 0.464 e. The second-order valence-electron chi connectivity index (χ2n) is 9.63. The van der Waals surface area contributed by atoms with Crippen LogP contribution in [0.15, 0.2) is 59.4 Å². The number of amides is 1. The first-order valence-electron chi connectivity index (χ1n) is 12.4. The molecule has 8 heteroatoms. The number of carbonyl (C=O) groups is 2. The number of pyridine rings is 1. The monoisotopic (exact) mass is 488 g/mol. The van der Waals surface area contributed by atoms with Gasteiger partial charge in [-0.3, -0.25) is 9.69 Å². The van der Waals surface area contributed by atoms with Crippen LogP contribution in [0.3, 0.4) is 0 Å². The van der Waals surface area contributed by atoms with E-state index in [1.165, 1.54) is 12.7 Å². The van der Waals surface area contributed by atoms with Crippen LogP contribution in [0.1, 0.15) is 36.3 Å². The minimum absolute atomic E-state index is 0.165. The molecule has 1 saturated heterocycles. The van der Waals surface area contributed by atoms with E-state index in [1.54, 1.807) is 18.5 Å². The molecule has 0 radical (unpaired) electrons. The molecule has 3 aromatic rings. The van der Waals surface area contributed by atoms with E-state index in [1.807, 2.05) is 17.0 Å². The molecule has 0 aliphatic carbocycles. The van der Waals surface area contributed by atoms with Gasteiger partial charge in [0.15, 0.2) is 0 Å². The topological polar surface area (TPSA) is 79.1 Å². The van der Waals surface area contributed by atoms with Crippen LogP contribution in [-0.4, -0.2) is 78.6 Å². The lowest BCUT2D eigenvalue weighted by molar-refractivity contribution is -0.133. The molecule has 0 bridgehead atoms. The van der Waals surface area contributed by atoms with Crippen molar-refractivity contribution in [1.82, 2.24) is 14.8 Å². The summed E-state index contributed by atoms with van der Waals surface area (Å²) in [6.45, 7) is 7.62. The number of furan rings is 1. The van der Waals surface area contributed by atoms with Crippen LogP contribution >= 0.6 is 0 Å².